The molecule has 0 saturated carbocycles. The van der Waals surface area contributed by atoms with E-state index in [0.717, 1.165) is 18.5 Å². The Kier molecular flexibility index (Phi) is 2.96. The maximum atomic E-state index is 12.4. The zero-order valence-corrected chi connectivity index (χ0v) is 10.7. The van der Waals surface area contributed by atoms with Gasteiger partial charge in [-0.25, -0.2) is 0 Å². The molecule has 0 radical (unpaired) electrons. The molecule has 0 unspecified atom stereocenters. The first-order valence-corrected chi connectivity index (χ1v) is 6.47. The number of hydrogen-bond acceptors (Lipinski definition) is 3. The molecule has 1 fully saturated rings. The fourth-order valence-corrected chi connectivity index (χ4v) is 2.62. The molecule has 1 aromatic rings. The van der Waals surface area contributed by atoms with Crippen LogP contribution in [-0.4, -0.2) is 50.7 Å². The van der Waals surface area contributed by atoms with E-state index >= 15 is 0 Å². The van der Waals surface area contributed by atoms with Crippen LogP contribution in [0.2, 0.25) is 0 Å². The predicted molar refractivity (Wildman–Crippen MR) is 70.1 cm³/mol. The number of amides is 1. The summed E-state index contributed by atoms with van der Waals surface area (Å²) >= 11 is 0. The van der Waals surface area contributed by atoms with Crippen molar-refractivity contribution < 1.29 is 9.53 Å². The average Bonchev–Trinajstić information content (AvgIpc) is 2.80. The van der Waals surface area contributed by atoms with Crippen LogP contribution in [0, 0.1) is 0 Å². The van der Waals surface area contributed by atoms with Crippen LogP contribution in [-0.2, 0) is 11.2 Å². The van der Waals surface area contributed by atoms with Crippen LogP contribution in [0.5, 0.6) is 0 Å². The van der Waals surface area contributed by atoms with Crippen LogP contribution in [0.1, 0.15) is 15.9 Å². The minimum Gasteiger partial charge on any atom is -0.378 e. The minimum absolute atomic E-state index is 0.126. The van der Waals surface area contributed by atoms with Gasteiger partial charge in [0.1, 0.15) is 0 Å². The number of ether oxygens (including phenoxy) is 1. The molecule has 18 heavy (non-hydrogen) atoms. The highest BCUT2D eigenvalue weighted by molar-refractivity contribution is 5.95. The third kappa shape index (κ3) is 1.97. The topological polar surface area (TPSA) is 32.8 Å². The molecular formula is C14H18N2O2. The van der Waals surface area contributed by atoms with Gasteiger partial charge in [0, 0.05) is 37.9 Å². The van der Waals surface area contributed by atoms with Gasteiger partial charge in [0.05, 0.1) is 13.2 Å². The second kappa shape index (κ2) is 4.61. The van der Waals surface area contributed by atoms with Crippen molar-refractivity contribution in [2.45, 2.75) is 6.42 Å². The van der Waals surface area contributed by atoms with Gasteiger partial charge in [-0.3, -0.25) is 4.79 Å². The number of hydrogen-bond donors (Lipinski definition) is 0. The monoisotopic (exact) mass is 246 g/mol. The average molecular weight is 246 g/mol. The van der Waals surface area contributed by atoms with Gasteiger partial charge in [0.2, 0.25) is 0 Å². The van der Waals surface area contributed by atoms with Gasteiger partial charge in [-0.15, -0.1) is 0 Å². The Balaban J connectivity index is 1.84. The zero-order valence-electron chi connectivity index (χ0n) is 10.7. The number of rotatable bonds is 1. The van der Waals surface area contributed by atoms with Crippen LogP contribution in [0.25, 0.3) is 0 Å². The Hall–Kier alpha value is -1.55. The summed E-state index contributed by atoms with van der Waals surface area (Å²) in [5.74, 6) is 0.126. The number of morpholine rings is 1. The molecule has 1 amide bonds. The Morgan fingerprint density at radius 2 is 2.00 bits per heavy atom. The molecule has 0 aromatic heterocycles. The van der Waals surface area contributed by atoms with Gasteiger partial charge >= 0.3 is 0 Å². The summed E-state index contributed by atoms with van der Waals surface area (Å²) in [4.78, 5) is 16.4. The summed E-state index contributed by atoms with van der Waals surface area (Å²) < 4.78 is 5.27. The van der Waals surface area contributed by atoms with Crippen LogP contribution >= 0.6 is 0 Å². The summed E-state index contributed by atoms with van der Waals surface area (Å²) in [5.41, 5.74) is 3.34. The van der Waals surface area contributed by atoms with E-state index in [1.165, 1.54) is 11.3 Å². The highest BCUT2D eigenvalue weighted by Crippen LogP contribution is 2.28. The van der Waals surface area contributed by atoms with Crippen molar-refractivity contribution in [3.05, 3.63) is 29.3 Å². The highest BCUT2D eigenvalue weighted by Gasteiger charge is 2.21. The molecule has 2 aliphatic heterocycles. The summed E-state index contributed by atoms with van der Waals surface area (Å²) in [6.45, 7) is 3.75. The van der Waals surface area contributed by atoms with E-state index in [9.17, 15) is 4.79 Å². The summed E-state index contributed by atoms with van der Waals surface area (Å²) in [6.07, 6.45) is 1.08. The summed E-state index contributed by atoms with van der Waals surface area (Å²) in [7, 11) is 2.08. The predicted octanol–water partition coefficient (Wildman–Crippen LogP) is 1.15. The molecule has 3 rings (SSSR count). The van der Waals surface area contributed by atoms with Crippen molar-refractivity contribution in [1.29, 1.82) is 0 Å². The molecule has 0 spiro atoms. The van der Waals surface area contributed by atoms with Gasteiger partial charge in [-0.2, -0.15) is 0 Å². The van der Waals surface area contributed by atoms with Crippen molar-refractivity contribution in [2.24, 2.45) is 0 Å². The van der Waals surface area contributed by atoms with Crippen molar-refractivity contribution in [2.75, 3.05) is 44.8 Å². The number of anilines is 1. The quantitative estimate of drug-likeness (QED) is 0.745. The number of fused-ring (bicyclic) bond motifs is 1. The smallest absolute Gasteiger partial charge is 0.254 e. The fourth-order valence-electron chi connectivity index (χ4n) is 2.62. The van der Waals surface area contributed by atoms with Gasteiger partial charge in [0.15, 0.2) is 0 Å². The Morgan fingerprint density at radius 1 is 1.22 bits per heavy atom. The van der Waals surface area contributed by atoms with Crippen molar-refractivity contribution in [1.82, 2.24) is 4.90 Å². The molecule has 4 nitrogen and oxygen atoms in total. The molecule has 0 bridgehead atoms. The normalized spacial score (nSPS) is 18.9. The molecule has 0 aliphatic carbocycles. The van der Waals surface area contributed by atoms with Gasteiger partial charge < -0.3 is 14.5 Å². The minimum atomic E-state index is 0.126. The van der Waals surface area contributed by atoms with Gasteiger partial charge in [0.25, 0.3) is 5.91 Å². The van der Waals surface area contributed by atoms with Crippen LogP contribution < -0.4 is 4.90 Å². The molecule has 0 N–H and O–H groups in total. The SMILES string of the molecule is CN1CCc2ccc(C(=O)N3CCOCC3)cc21. The van der Waals surface area contributed by atoms with Gasteiger partial charge in [-0.1, -0.05) is 6.07 Å². The number of benzene rings is 1. The van der Waals surface area contributed by atoms with E-state index in [1.807, 2.05) is 17.0 Å². The Bertz CT molecular complexity index is 467. The molecule has 1 aromatic carbocycles. The molecular weight excluding hydrogens is 228 g/mol. The molecule has 1 saturated heterocycles. The third-order valence-electron chi connectivity index (χ3n) is 3.76. The van der Waals surface area contributed by atoms with Crippen LogP contribution in [0.15, 0.2) is 18.2 Å². The lowest BCUT2D eigenvalue weighted by Gasteiger charge is -2.27. The first-order valence-electron chi connectivity index (χ1n) is 6.47. The lowest BCUT2D eigenvalue weighted by atomic mass is 10.1. The van der Waals surface area contributed by atoms with Gasteiger partial charge in [-0.05, 0) is 24.1 Å². The molecule has 2 aliphatic rings. The first-order chi connectivity index (χ1) is 8.75. The Morgan fingerprint density at radius 3 is 2.78 bits per heavy atom. The standard InChI is InChI=1S/C14H18N2O2/c1-15-5-4-11-2-3-12(10-13(11)15)14(17)16-6-8-18-9-7-16/h2-3,10H,4-9H2,1H3. The molecule has 2 heterocycles. The van der Waals surface area contributed by atoms with Crippen molar-refractivity contribution in [3.8, 4) is 0 Å². The van der Waals surface area contributed by atoms with Crippen LogP contribution in [0.4, 0.5) is 5.69 Å². The molecule has 96 valence electrons. The zero-order chi connectivity index (χ0) is 12.5. The van der Waals surface area contributed by atoms with Crippen molar-refractivity contribution in [3.63, 3.8) is 0 Å². The fraction of sp³-hybridized carbons (Fsp3) is 0.500. The molecule has 4 heteroatoms. The summed E-state index contributed by atoms with van der Waals surface area (Å²) in [6, 6.07) is 6.07. The Labute approximate surface area is 107 Å². The number of likely N-dealkylation sites (N-methyl/N-ethyl adjacent to an activating group) is 1. The lowest BCUT2D eigenvalue weighted by molar-refractivity contribution is 0.0303. The maximum absolute atomic E-state index is 12.4. The third-order valence-corrected chi connectivity index (χ3v) is 3.76. The first kappa shape index (κ1) is 11.5. The highest BCUT2D eigenvalue weighted by atomic mass is 16.5. The molecule has 0 atom stereocenters. The second-order valence-electron chi connectivity index (χ2n) is 4.92. The van der Waals surface area contributed by atoms with E-state index in [4.69, 9.17) is 4.74 Å². The number of nitrogens with zero attached hydrogens (tertiary/aromatic N) is 2. The van der Waals surface area contributed by atoms with E-state index in [1.54, 1.807) is 0 Å². The van der Waals surface area contributed by atoms with Crippen LogP contribution in [0.3, 0.4) is 0 Å². The largest absolute Gasteiger partial charge is 0.378 e. The second-order valence-corrected chi connectivity index (χ2v) is 4.92. The maximum Gasteiger partial charge on any atom is 0.254 e. The lowest BCUT2D eigenvalue weighted by Crippen LogP contribution is -2.40. The number of carbonyl (C=O) groups excluding carboxylic acids is 1. The number of carbonyl (C=O) groups is 1. The summed E-state index contributed by atoms with van der Waals surface area (Å²) in [5, 5.41) is 0. The van der Waals surface area contributed by atoms with E-state index in [2.05, 4.69) is 18.0 Å². The van der Waals surface area contributed by atoms with E-state index in [-0.39, 0.29) is 5.91 Å². The van der Waals surface area contributed by atoms with E-state index in [0.29, 0.717) is 26.3 Å². The van der Waals surface area contributed by atoms with Crippen molar-refractivity contribution >= 4 is 11.6 Å². The van der Waals surface area contributed by atoms with E-state index < -0.39 is 0 Å².